The van der Waals surface area contributed by atoms with Gasteiger partial charge >= 0.3 is 5.97 Å². The Morgan fingerprint density at radius 3 is 2.00 bits per heavy atom. The van der Waals surface area contributed by atoms with Crippen LogP contribution >= 0.6 is 0 Å². The topological polar surface area (TPSA) is 60.5 Å². The fourth-order valence-corrected chi connectivity index (χ4v) is 5.10. The molecule has 0 spiro atoms. The van der Waals surface area contributed by atoms with Gasteiger partial charge in [-0.3, -0.25) is 0 Å². The fraction of sp³-hybridized carbons (Fsp3) is 0.250. The molecule has 2 atom stereocenters. The van der Waals surface area contributed by atoms with Gasteiger partial charge in [0.1, 0.15) is 0 Å². The lowest BCUT2D eigenvalue weighted by molar-refractivity contribution is 0.0528. The summed E-state index contributed by atoms with van der Waals surface area (Å²) in [5.41, 5.74) is 7.59. The molecule has 41 heavy (non-hydrogen) atoms. The Morgan fingerprint density at radius 1 is 0.829 bits per heavy atom. The highest BCUT2D eigenvalue weighted by molar-refractivity contribution is 6.04. The number of aromatic nitrogens is 1. The summed E-state index contributed by atoms with van der Waals surface area (Å²) in [7, 11) is 0. The van der Waals surface area contributed by atoms with Crippen LogP contribution in [-0.4, -0.2) is 17.1 Å². The minimum atomic E-state index is -0.255. The number of nitrogens with two attached hydrogens (primary N) is 1. The number of hydrazine groups is 1. The Hall–Kier alpha value is -4.35. The maximum absolute atomic E-state index is 12.4. The number of hydrogen-bond acceptors (Lipinski definition) is 4. The molecule has 0 fully saturated rings. The second-order valence-corrected chi connectivity index (χ2v) is 10.4. The van der Waals surface area contributed by atoms with E-state index in [4.69, 9.17) is 10.6 Å². The summed E-state index contributed by atoms with van der Waals surface area (Å²) in [6, 6.07) is 35.6. The van der Waals surface area contributed by atoms with Gasteiger partial charge in [-0.05, 0) is 69.5 Å². The van der Waals surface area contributed by atoms with E-state index in [1.165, 1.54) is 16.7 Å². The number of hydrogen-bond donors (Lipinski definition) is 1. The average Bonchev–Trinajstić information content (AvgIpc) is 3.37. The van der Waals surface area contributed by atoms with Crippen molar-refractivity contribution in [2.45, 2.75) is 53.1 Å². The van der Waals surface area contributed by atoms with Gasteiger partial charge in [0.25, 0.3) is 0 Å². The highest BCUT2D eigenvalue weighted by atomic mass is 16.5. The molecule has 4 aromatic carbocycles. The molecule has 0 saturated heterocycles. The minimum absolute atomic E-state index is 0.166. The van der Waals surface area contributed by atoms with Crippen LogP contribution in [0.1, 0.15) is 71.9 Å². The standard InChI is InChI=1S/C21H23NO2.C15H18N2/c1-4-19(16-9-7-6-8-10-16)22-14-18(21(23)24-5-2)17-13-15(3)11-12-20(17)22;1-12-8-10-15(11-9-12)17(16)13(2)14-6-4-3-5-7-14/h6-14,19H,4-5H2,1-3H3;3-11,13H,16H2,1-2H3. The lowest BCUT2D eigenvalue weighted by Crippen LogP contribution is -2.33. The van der Waals surface area contributed by atoms with E-state index < -0.39 is 0 Å². The van der Waals surface area contributed by atoms with E-state index in [1.54, 1.807) is 5.01 Å². The summed E-state index contributed by atoms with van der Waals surface area (Å²) in [5, 5.41) is 2.76. The van der Waals surface area contributed by atoms with E-state index in [-0.39, 0.29) is 18.1 Å². The van der Waals surface area contributed by atoms with Crippen molar-refractivity contribution in [2.24, 2.45) is 5.84 Å². The van der Waals surface area contributed by atoms with Crippen molar-refractivity contribution < 1.29 is 9.53 Å². The number of anilines is 1. The van der Waals surface area contributed by atoms with Gasteiger partial charge in [0.2, 0.25) is 0 Å². The molecule has 5 aromatic rings. The number of esters is 1. The third-order valence-corrected chi connectivity index (χ3v) is 7.42. The predicted molar refractivity (Wildman–Crippen MR) is 170 cm³/mol. The van der Waals surface area contributed by atoms with Gasteiger partial charge in [-0.1, -0.05) is 96.9 Å². The number of benzene rings is 4. The smallest absolute Gasteiger partial charge is 0.340 e. The zero-order chi connectivity index (χ0) is 29.4. The molecule has 1 aromatic heterocycles. The predicted octanol–water partition coefficient (Wildman–Crippen LogP) is 8.56. The normalized spacial score (nSPS) is 12.2. The third kappa shape index (κ3) is 7.05. The summed E-state index contributed by atoms with van der Waals surface area (Å²) in [6.07, 6.45) is 2.90. The Bertz CT molecular complexity index is 1540. The number of fused-ring (bicyclic) bond motifs is 1. The summed E-state index contributed by atoms with van der Waals surface area (Å²) in [4.78, 5) is 12.4. The molecular weight excluding hydrogens is 506 g/mol. The number of carbonyl (C=O) groups excluding carboxylic acids is 1. The molecule has 212 valence electrons. The lowest BCUT2D eigenvalue weighted by Gasteiger charge is -2.26. The molecule has 0 bridgehead atoms. The Kier molecular flexibility index (Phi) is 9.99. The van der Waals surface area contributed by atoms with Gasteiger partial charge in [-0.2, -0.15) is 0 Å². The first-order valence-electron chi connectivity index (χ1n) is 14.3. The van der Waals surface area contributed by atoms with Crippen molar-refractivity contribution in [3.8, 4) is 0 Å². The van der Waals surface area contributed by atoms with E-state index in [0.717, 1.165) is 28.6 Å². The quantitative estimate of drug-likeness (QED) is 0.120. The van der Waals surface area contributed by atoms with Crippen molar-refractivity contribution in [3.63, 3.8) is 0 Å². The molecule has 0 aliphatic rings. The molecule has 5 rings (SSSR count). The van der Waals surface area contributed by atoms with Crippen LogP contribution in [0.5, 0.6) is 0 Å². The molecule has 1 heterocycles. The van der Waals surface area contributed by atoms with E-state index in [1.807, 2.05) is 44.3 Å². The number of rotatable bonds is 8. The van der Waals surface area contributed by atoms with Crippen LogP contribution in [0.3, 0.4) is 0 Å². The second kappa shape index (κ2) is 13.8. The van der Waals surface area contributed by atoms with Crippen molar-refractivity contribution >= 4 is 22.6 Å². The molecule has 0 saturated carbocycles. The van der Waals surface area contributed by atoms with Crippen LogP contribution in [0.2, 0.25) is 0 Å². The Labute approximate surface area is 244 Å². The Balaban J connectivity index is 0.000000201. The summed E-state index contributed by atoms with van der Waals surface area (Å²) in [6.45, 7) is 10.6. The highest BCUT2D eigenvalue weighted by Gasteiger charge is 2.21. The van der Waals surface area contributed by atoms with E-state index >= 15 is 0 Å². The van der Waals surface area contributed by atoms with Gasteiger partial charge in [0.05, 0.1) is 29.9 Å². The Morgan fingerprint density at radius 2 is 1.41 bits per heavy atom. The zero-order valence-corrected chi connectivity index (χ0v) is 24.7. The number of ether oxygens (including phenoxy) is 1. The van der Waals surface area contributed by atoms with Gasteiger partial charge in [-0.25, -0.2) is 10.6 Å². The first-order valence-corrected chi connectivity index (χ1v) is 14.3. The van der Waals surface area contributed by atoms with Crippen molar-refractivity contribution in [3.05, 3.63) is 137 Å². The first kappa shape index (κ1) is 29.6. The molecule has 2 unspecified atom stereocenters. The number of carbonyl (C=O) groups is 1. The van der Waals surface area contributed by atoms with Crippen LogP contribution < -0.4 is 10.9 Å². The SMILES string of the molecule is CCOC(=O)c1cn(C(CC)c2ccccc2)c2ccc(C)cc12.Cc1ccc(N(N)C(C)c2ccccc2)cc1. The average molecular weight is 548 g/mol. The molecule has 0 radical (unpaired) electrons. The first-order chi connectivity index (χ1) is 19.8. The molecule has 5 heteroatoms. The van der Waals surface area contributed by atoms with Crippen LogP contribution in [0.4, 0.5) is 5.69 Å². The summed E-state index contributed by atoms with van der Waals surface area (Å²) in [5.74, 6) is 5.90. The molecule has 0 aliphatic carbocycles. The highest BCUT2D eigenvalue weighted by Crippen LogP contribution is 2.31. The largest absolute Gasteiger partial charge is 0.462 e. The molecule has 5 nitrogen and oxygen atoms in total. The van der Waals surface area contributed by atoms with Crippen molar-refractivity contribution in [1.29, 1.82) is 0 Å². The zero-order valence-electron chi connectivity index (χ0n) is 24.7. The molecular formula is C36H41N3O2. The van der Waals surface area contributed by atoms with E-state index in [9.17, 15) is 4.79 Å². The minimum Gasteiger partial charge on any atom is -0.462 e. The number of nitrogens with zero attached hydrogens (tertiary/aromatic N) is 2. The number of aryl methyl sites for hydroxylation is 2. The van der Waals surface area contributed by atoms with Crippen molar-refractivity contribution in [1.82, 2.24) is 4.57 Å². The molecule has 0 aliphatic heterocycles. The van der Waals surface area contributed by atoms with Crippen LogP contribution in [-0.2, 0) is 4.74 Å². The van der Waals surface area contributed by atoms with Gasteiger partial charge in [-0.15, -0.1) is 0 Å². The van der Waals surface area contributed by atoms with Gasteiger partial charge in [0, 0.05) is 17.1 Å². The monoisotopic (exact) mass is 547 g/mol. The van der Waals surface area contributed by atoms with Crippen LogP contribution in [0.15, 0.2) is 109 Å². The molecule has 2 N–H and O–H groups in total. The third-order valence-electron chi connectivity index (χ3n) is 7.42. The molecule has 0 amide bonds. The lowest BCUT2D eigenvalue weighted by atomic mass is 10.0. The summed E-state index contributed by atoms with van der Waals surface area (Å²) >= 11 is 0. The van der Waals surface area contributed by atoms with Crippen LogP contribution in [0.25, 0.3) is 10.9 Å². The van der Waals surface area contributed by atoms with Gasteiger partial charge < -0.3 is 14.3 Å². The summed E-state index contributed by atoms with van der Waals surface area (Å²) < 4.78 is 7.46. The van der Waals surface area contributed by atoms with Gasteiger partial charge in [0.15, 0.2) is 0 Å². The maximum atomic E-state index is 12.4. The van der Waals surface area contributed by atoms with E-state index in [2.05, 4.69) is 104 Å². The van der Waals surface area contributed by atoms with Crippen molar-refractivity contribution in [2.75, 3.05) is 11.6 Å². The van der Waals surface area contributed by atoms with Crippen LogP contribution in [0, 0.1) is 13.8 Å². The maximum Gasteiger partial charge on any atom is 0.340 e. The second-order valence-electron chi connectivity index (χ2n) is 10.4. The fourth-order valence-electron chi connectivity index (χ4n) is 5.10. The van der Waals surface area contributed by atoms with E-state index in [0.29, 0.717) is 12.2 Å².